The SMILES string of the molecule is Cc1ccc(F)cc1NCc1ccc(Cl)c(Br)c1. The Morgan fingerprint density at radius 3 is 2.72 bits per heavy atom. The first-order valence-corrected chi connectivity index (χ1v) is 6.67. The Morgan fingerprint density at radius 2 is 2.00 bits per heavy atom. The van der Waals surface area contributed by atoms with Crippen molar-refractivity contribution in [2.45, 2.75) is 13.5 Å². The van der Waals surface area contributed by atoms with Crippen LogP contribution >= 0.6 is 27.5 Å². The predicted octanol–water partition coefficient (Wildman–Crippen LogP) is 5.16. The van der Waals surface area contributed by atoms with Gasteiger partial charge in [0.2, 0.25) is 0 Å². The van der Waals surface area contributed by atoms with Crippen LogP contribution in [0.1, 0.15) is 11.1 Å². The lowest BCUT2D eigenvalue weighted by Crippen LogP contribution is -2.01. The van der Waals surface area contributed by atoms with E-state index in [1.54, 1.807) is 6.07 Å². The summed E-state index contributed by atoms with van der Waals surface area (Å²) in [5.74, 6) is -0.236. The van der Waals surface area contributed by atoms with E-state index in [4.69, 9.17) is 11.6 Å². The lowest BCUT2D eigenvalue weighted by Gasteiger charge is -2.10. The van der Waals surface area contributed by atoms with E-state index in [-0.39, 0.29) is 5.82 Å². The first-order valence-electron chi connectivity index (χ1n) is 5.50. The molecule has 0 atom stereocenters. The molecule has 2 aromatic rings. The van der Waals surface area contributed by atoms with E-state index in [1.165, 1.54) is 12.1 Å². The van der Waals surface area contributed by atoms with Crippen LogP contribution in [0, 0.1) is 12.7 Å². The minimum absolute atomic E-state index is 0.236. The molecule has 0 aliphatic heterocycles. The van der Waals surface area contributed by atoms with E-state index in [1.807, 2.05) is 25.1 Å². The summed E-state index contributed by atoms with van der Waals surface area (Å²) in [6.45, 7) is 2.57. The van der Waals surface area contributed by atoms with Crippen LogP contribution in [-0.2, 0) is 6.54 Å². The van der Waals surface area contributed by atoms with E-state index >= 15 is 0 Å². The number of aryl methyl sites for hydroxylation is 1. The van der Waals surface area contributed by atoms with Gasteiger partial charge in [0.25, 0.3) is 0 Å². The van der Waals surface area contributed by atoms with Gasteiger partial charge in [-0.05, 0) is 58.2 Å². The molecule has 0 saturated carbocycles. The fourth-order valence-corrected chi connectivity index (χ4v) is 2.18. The first kappa shape index (κ1) is 13.4. The second kappa shape index (κ2) is 5.72. The molecule has 0 saturated heterocycles. The average molecular weight is 329 g/mol. The Bertz CT molecular complexity index is 572. The molecule has 1 N–H and O–H groups in total. The summed E-state index contributed by atoms with van der Waals surface area (Å²) in [5, 5.41) is 3.89. The largest absolute Gasteiger partial charge is 0.381 e. The summed E-state index contributed by atoms with van der Waals surface area (Å²) < 4.78 is 14.0. The Labute approximate surface area is 119 Å². The average Bonchev–Trinajstić information content (AvgIpc) is 2.34. The molecule has 0 aromatic heterocycles. The fourth-order valence-electron chi connectivity index (χ4n) is 1.63. The Balaban J connectivity index is 2.11. The van der Waals surface area contributed by atoms with Gasteiger partial charge in [-0.2, -0.15) is 0 Å². The van der Waals surface area contributed by atoms with Gasteiger partial charge in [-0.3, -0.25) is 0 Å². The van der Waals surface area contributed by atoms with Crippen LogP contribution in [0.5, 0.6) is 0 Å². The van der Waals surface area contributed by atoms with Crippen molar-refractivity contribution in [1.29, 1.82) is 0 Å². The van der Waals surface area contributed by atoms with Gasteiger partial charge in [-0.25, -0.2) is 4.39 Å². The molecule has 18 heavy (non-hydrogen) atoms. The summed E-state index contributed by atoms with van der Waals surface area (Å²) in [5.41, 5.74) is 2.90. The third-order valence-electron chi connectivity index (χ3n) is 2.67. The quantitative estimate of drug-likeness (QED) is 0.820. The van der Waals surface area contributed by atoms with Gasteiger partial charge in [0.05, 0.1) is 5.02 Å². The molecule has 2 aromatic carbocycles. The summed E-state index contributed by atoms with van der Waals surface area (Å²) in [6, 6.07) is 10.4. The van der Waals surface area contributed by atoms with Gasteiger partial charge in [0.1, 0.15) is 5.82 Å². The molecular weight excluding hydrogens is 317 g/mol. The summed E-state index contributed by atoms with van der Waals surface area (Å²) in [4.78, 5) is 0. The lowest BCUT2D eigenvalue weighted by atomic mass is 10.1. The van der Waals surface area contributed by atoms with Crippen molar-refractivity contribution < 1.29 is 4.39 Å². The second-order valence-corrected chi connectivity index (χ2v) is 5.32. The standard InChI is InChI=1S/C14H12BrClFN/c1-9-2-4-11(17)7-14(9)18-8-10-3-5-13(16)12(15)6-10/h2-7,18H,8H2,1H3. The lowest BCUT2D eigenvalue weighted by molar-refractivity contribution is 0.628. The Hall–Kier alpha value is -1.06. The number of hydrogen-bond acceptors (Lipinski definition) is 1. The van der Waals surface area contributed by atoms with Gasteiger partial charge >= 0.3 is 0 Å². The molecular formula is C14H12BrClFN. The highest BCUT2D eigenvalue weighted by Gasteiger charge is 2.02. The number of nitrogens with one attached hydrogen (secondary N) is 1. The third kappa shape index (κ3) is 3.24. The maximum atomic E-state index is 13.1. The van der Waals surface area contributed by atoms with Gasteiger partial charge in [0.15, 0.2) is 0 Å². The first-order chi connectivity index (χ1) is 8.56. The van der Waals surface area contributed by atoms with Crippen LogP contribution < -0.4 is 5.32 Å². The monoisotopic (exact) mass is 327 g/mol. The molecule has 2 rings (SSSR count). The van der Waals surface area contributed by atoms with Crippen molar-refractivity contribution in [2.24, 2.45) is 0 Å². The number of benzene rings is 2. The molecule has 1 nitrogen and oxygen atoms in total. The predicted molar refractivity (Wildman–Crippen MR) is 77.6 cm³/mol. The number of hydrogen-bond donors (Lipinski definition) is 1. The molecule has 94 valence electrons. The van der Waals surface area contributed by atoms with Crippen LogP contribution in [-0.4, -0.2) is 0 Å². The van der Waals surface area contributed by atoms with Crippen molar-refractivity contribution in [3.05, 3.63) is 62.8 Å². The van der Waals surface area contributed by atoms with Crippen molar-refractivity contribution in [3.8, 4) is 0 Å². The molecule has 0 heterocycles. The van der Waals surface area contributed by atoms with Crippen molar-refractivity contribution in [3.63, 3.8) is 0 Å². The van der Waals surface area contributed by atoms with Gasteiger partial charge in [-0.1, -0.05) is 23.7 Å². The maximum absolute atomic E-state index is 13.1. The van der Waals surface area contributed by atoms with Gasteiger partial charge in [-0.15, -0.1) is 0 Å². The van der Waals surface area contributed by atoms with Crippen LogP contribution in [0.3, 0.4) is 0 Å². The highest BCUT2D eigenvalue weighted by Crippen LogP contribution is 2.24. The van der Waals surface area contributed by atoms with E-state index in [9.17, 15) is 4.39 Å². The van der Waals surface area contributed by atoms with Crippen molar-refractivity contribution >= 4 is 33.2 Å². The zero-order chi connectivity index (χ0) is 13.1. The topological polar surface area (TPSA) is 12.0 Å². The van der Waals surface area contributed by atoms with Gasteiger partial charge in [0, 0.05) is 16.7 Å². The zero-order valence-corrected chi connectivity index (χ0v) is 12.1. The van der Waals surface area contributed by atoms with Crippen LogP contribution in [0.25, 0.3) is 0 Å². The number of rotatable bonds is 3. The molecule has 0 bridgehead atoms. The normalized spacial score (nSPS) is 10.4. The maximum Gasteiger partial charge on any atom is 0.125 e. The Kier molecular flexibility index (Phi) is 4.25. The Morgan fingerprint density at radius 1 is 1.22 bits per heavy atom. The molecule has 0 fully saturated rings. The second-order valence-electron chi connectivity index (χ2n) is 4.06. The van der Waals surface area contributed by atoms with Gasteiger partial charge < -0.3 is 5.32 Å². The fraction of sp³-hybridized carbons (Fsp3) is 0.143. The molecule has 0 radical (unpaired) electrons. The zero-order valence-electron chi connectivity index (χ0n) is 9.81. The van der Waals surface area contributed by atoms with E-state index in [2.05, 4.69) is 21.2 Å². The van der Waals surface area contributed by atoms with Crippen LogP contribution in [0.15, 0.2) is 40.9 Å². The molecule has 0 aliphatic carbocycles. The summed E-state index contributed by atoms with van der Waals surface area (Å²) in [6.07, 6.45) is 0. The van der Waals surface area contributed by atoms with E-state index < -0.39 is 0 Å². The molecule has 4 heteroatoms. The molecule has 0 spiro atoms. The molecule has 0 aliphatic rings. The van der Waals surface area contributed by atoms with E-state index in [0.717, 1.165) is 21.3 Å². The minimum atomic E-state index is -0.236. The number of anilines is 1. The number of halogens is 3. The van der Waals surface area contributed by atoms with Crippen molar-refractivity contribution in [1.82, 2.24) is 0 Å². The molecule has 0 unspecified atom stereocenters. The smallest absolute Gasteiger partial charge is 0.125 e. The summed E-state index contributed by atoms with van der Waals surface area (Å²) >= 11 is 9.31. The highest BCUT2D eigenvalue weighted by atomic mass is 79.9. The third-order valence-corrected chi connectivity index (χ3v) is 3.88. The minimum Gasteiger partial charge on any atom is -0.381 e. The van der Waals surface area contributed by atoms with Crippen molar-refractivity contribution in [2.75, 3.05) is 5.32 Å². The van der Waals surface area contributed by atoms with E-state index in [0.29, 0.717) is 11.6 Å². The van der Waals surface area contributed by atoms with Crippen LogP contribution in [0.2, 0.25) is 5.02 Å². The highest BCUT2D eigenvalue weighted by molar-refractivity contribution is 9.10. The summed E-state index contributed by atoms with van der Waals surface area (Å²) in [7, 11) is 0. The van der Waals surface area contributed by atoms with Crippen LogP contribution in [0.4, 0.5) is 10.1 Å². The molecule has 0 amide bonds.